The Morgan fingerprint density at radius 1 is 0.973 bits per heavy atom. The van der Waals surface area contributed by atoms with Crippen LogP contribution in [0.3, 0.4) is 0 Å². The van der Waals surface area contributed by atoms with Gasteiger partial charge in [-0.3, -0.25) is 0 Å². The minimum atomic E-state index is -4.06. The second kappa shape index (κ2) is 9.03. The van der Waals surface area contributed by atoms with E-state index in [2.05, 4.69) is 20.3 Å². The molecule has 37 heavy (non-hydrogen) atoms. The molecule has 190 valence electrons. The lowest BCUT2D eigenvalue weighted by atomic mass is 10.0. The van der Waals surface area contributed by atoms with Gasteiger partial charge < -0.3 is 4.42 Å². The van der Waals surface area contributed by atoms with Crippen molar-refractivity contribution in [3.05, 3.63) is 77.0 Å². The number of primary sulfonamides is 1. The number of nitrogens with zero attached hydrogens (tertiary/aromatic N) is 5. The van der Waals surface area contributed by atoms with Crippen LogP contribution in [0.2, 0.25) is 5.15 Å². The molecule has 2 aromatic carbocycles. The molecule has 0 aliphatic rings. The predicted molar refractivity (Wildman–Crippen MR) is 137 cm³/mol. The number of nitrogens with two attached hydrogens (primary N) is 1. The molecular formula is C23H19ClN6O5S2. The van der Waals surface area contributed by atoms with Gasteiger partial charge >= 0.3 is 0 Å². The maximum absolute atomic E-state index is 13.5. The highest BCUT2D eigenvalue weighted by Gasteiger charge is 2.24. The Balaban J connectivity index is 1.76. The number of benzene rings is 2. The molecule has 0 aliphatic carbocycles. The normalized spacial score (nSPS) is 12.3. The van der Waals surface area contributed by atoms with E-state index in [1.165, 1.54) is 30.6 Å². The Hall–Kier alpha value is -3.65. The average Bonchev–Trinajstić information content (AvgIpc) is 3.46. The van der Waals surface area contributed by atoms with Crippen LogP contribution in [0.5, 0.6) is 0 Å². The third kappa shape index (κ3) is 4.85. The Kier molecular flexibility index (Phi) is 6.10. The zero-order valence-electron chi connectivity index (χ0n) is 19.5. The van der Waals surface area contributed by atoms with Gasteiger partial charge in [-0.15, -0.1) is 10.2 Å². The Morgan fingerprint density at radius 2 is 1.70 bits per heavy atom. The fourth-order valence-electron chi connectivity index (χ4n) is 3.82. The molecule has 0 saturated heterocycles. The molecular weight excluding hydrogens is 540 g/mol. The number of aromatic nitrogens is 5. The number of fused-ring (bicyclic) bond motifs is 1. The van der Waals surface area contributed by atoms with Crippen molar-refractivity contribution in [2.24, 2.45) is 5.14 Å². The molecule has 0 atom stereocenters. The summed E-state index contributed by atoms with van der Waals surface area (Å²) in [5.41, 5.74) is 2.72. The number of hydrogen-bond acceptors (Lipinski definition) is 9. The third-order valence-electron chi connectivity index (χ3n) is 5.56. The van der Waals surface area contributed by atoms with E-state index in [1.807, 2.05) is 6.92 Å². The molecule has 0 saturated carbocycles. The van der Waals surface area contributed by atoms with E-state index in [4.69, 9.17) is 21.2 Å². The van der Waals surface area contributed by atoms with Crippen molar-refractivity contribution in [3.63, 3.8) is 0 Å². The Morgan fingerprint density at radius 3 is 2.35 bits per heavy atom. The summed E-state index contributed by atoms with van der Waals surface area (Å²) in [5.74, 6) is -0.0511. The fraction of sp³-hybridized carbons (Fsp3) is 0.130. The molecule has 0 aliphatic heterocycles. The van der Waals surface area contributed by atoms with Crippen LogP contribution in [-0.4, -0.2) is 41.2 Å². The quantitative estimate of drug-likeness (QED) is 0.307. The van der Waals surface area contributed by atoms with E-state index in [0.29, 0.717) is 28.0 Å². The van der Waals surface area contributed by atoms with Crippen LogP contribution in [0.4, 0.5) is 0 Å². The molecule has 11 nitrogen and oxygen atoms in total. The van der Waals surface area contributed by atoms with E-state index >= 15 is 0 Å². The first-order chi connectivity index (χ1) is 17.4. The Labute approximate surface area is 217 Å². The average molecular weight is 559 g/mol. The van der Waals surface area contributed by atoms with Crippen molar-refractivity contribution in [2.75, 3.05) is 0 Å². The van der Waals surface area contributed by atoms with Crippen LogP contribution in [0.25, 0.3) is 33.5 Å². The van der Waals surface area contributed by atoms with Gasteiger partial charge in [0.1, 0.15) is 5.15 Å². The van der Waals surface area contributed by atoms with E-state index in [-0.39, 0.29) is 27.0 Å². The third-order valence-corrected chi connectivity index (χ3v) is 8.23. The predicted octanol–water partition coefficient (Wildman–Crippen LogP) is 3.44. The minimum absolute atomic E-state index is 0.0152. The molecule has 2 N–H and O–H groups in total. The summed E-state index contributed by atoms with van der Waals surface area (Å²) in [6.45, 7) is 3.49. The van der Waals surface area contributed by atoms with Crippen LogP contribution in [0.15, 0.2) is 64.2 Å². The molecule has 0 unspecified atom stereocenters. The molecule has 0 amide bonds. The largest absolute Gasteiger partial charge is 0.421 e. The molecule has 14 heteroatoms. The first kappa shape index (κ1) is 25.0. The smallest absolute Gasteiger partial charge is 0.283 e. The lowest BCUT2D eigenvalue weighted by Crippen LogP contribution is -2.15. The van der Waals surface area contributed by atoms with Crippen molar-refractivity contribution in [1.29, 1.82) is 0 Å². The van der Waals surface area contributed by atoms with Crippen molar-refractivity contribution >= 4 is 42.6 Å². The highest BCUT2D eigenvalue weighted by Crippen LogP contribution is 2.35. The first-order valence-corrected chi connectivity index (χ1v) is 14.3. The number of pyridine rings is 1. The lowest BCUT2D eigenvalue weighted by molar-refractivity contribution is 0.533. The molecule has 3 aromatic heterocycles. The van der Waals surface area contributed by atoms with Crippen molar-refractivity contribution in [3.8, 4) is 22.6 Å². The van der Waals surface area contributed by atoms with Gasteiger partial charge in [0.2, 0.25) is 21.8 Å². The van der Waals surface area contributed by atoms with Crippen molar-refractivity contribution < 1.29 is 21.3 Å². The first-order valence-electron chi connectivity index (χ1n) is 10.7. The maximum atomic E-state index is 13.5. The monoisotopic (exact) mass is 558 g/mol. The van der Waals surface area contributed by atoms with Gasteiger partial charge in [-0.05, 0) is 42.8 Å². The molecule has 5 aromatic rings. The topological polar surface area (TPSA) is 164 Å². The van der Waals surface area contributed by atoms with Gasteiger partial charge in [0.05, 0.1) is 27.9 Å². The van der Waals surface area contributed by atoms with Gasteiger partial charge in [0.25, 0.3) is 10.0 Å². The summed E-state index contributed by atoms with van der Waals surface area (Å²) in [6.07, 6.45) is 2.85. The number of aryl methyl sites for hydroxylation is 2. The summed E-state index contributed by atoms with van der Waals surface area (Å²) in [4.78, 5) is 4.16. The van der Waals surface area contributed by atoms with E-state index in [1.54, 1.807) is 31.2 Å². The second-order valence-corrected chi connectivity index (χ2v) is 12.1. The zero-order valence-corrected chi connectivity index (χ0v) is 21.8. The number of rotatable bonds is 6. The highest BCUT2D eigenvalue weighted by atomic mass is 35.5. The van der Waals surface area contributed by atoms with Gasteiger partial charge in [-0.25, -0.2) is 18.5 Å². The number of sulfonamides is 1. The van der Waals surface area contributed by atoms with Gasteiger partial charge in [-0.2, -0.15) is 17.6 Å². The fourth-order valence-corrected chi connectivity index (χ4v) is 5.99. The zero-order chi connectivity index (χ0) is 26.5. The van der Waals surface area contributed by atoms with E-state index in [0.717, 1.165) is 9.65 Å². The van der Waals surface area contributed by atoms with Gasteiger partial charge in [0, 0.05) is 29.6 Å². The standard InChI is InChI=1S/C23H19ClN6O5S2/c1-13-3-5-18(6-4-13)37(33,34)30-21-9-15(16-7-17(12-36(25,31)32)22(24)26-10-16)8-19(20(21)11-27-30)23-29-28-14(2)35-23/h3-11H,12H2,1-2H3,(H2,25,31,32). The second-order valence-electron chi connectivity index (χ2n) is 8.37. The van der Waals surface area contributed by atoms with Gasteiger partial charge in [-0.1, -0.05) is 29.3 Å². The summed E-state index contributed by atoms with van der Waals surface area (Å²) in [6, 6.07) is 11.2. The van der Waals surface area contributed by atoms with Crippen LogP contribution in [-0.2, 0) is 25.8 Å². The molecule has 5 rings (SSSR count). The van der Waals surface area contributed by atoms with Crippen LogP contribution in [0.1, 0.15) is 17.0 Å². The van der Waals surface area contributed by atoms with Gasteiger partial charge in [0.15, 0.2) is 0 Å². The summed E-state index contributed by atoms with van der Waals surface area (Å²) in [7, 11) is -7.95. The summed E-state index contributed by atoms with van der Waals surface area (Å²) in [5, 5.41) is 17.8. The maximum Gasteiger partial charge on any atom is 0.283 e. The van der Waals surface area contributed by atoms with E-state index < -0.39 is 25.8 Å². The van der Waals surface area contributed by atoms with E-state index in [9.17, 15) is 16.8 Å². The SMILES string of the molecule is Cc1ccc(S(=O)(=O)n2ncc3c(-c4nnc(C)o4)cc(-c4cnc(Cl)c(CS(N)(=O)=O)c4)cc32)cc1. The summed E-state index contributed by atoms with van der Waals surface area (Å²) < 4.78 is 56.9. The molecule has 0 radical (unpaired) electrons. The molecule has 0 bridgehead atoms. The van der Waals surface area contributed by atoms with Crippen LogP contribution < -0.4 is 5.14 Å². The van der Waals surface area contributed by atoms with Crippen molar-refractivity contribution in [1.82, 2.24) is 24.4 Å². The number of halogens is 1. The molecule has 0 fully saturated rings. The van der Waals surface area contributed by atoms with Crippen molar-refractivity contribution in [2.45, 2.75) is 24.5 Å². The number of hydrogen-bond donors (Lipinski definition) is 1. The van der Waals surface area contributed by atoms with Crippen LogP contribution in [0, 0.1) is 13.8 Å². The Bertz CT molecular complexity index is 1880. The minimum Gasteiger partial charge on any atom is -0.421 e. The highest BCUT2D eigenvalue weighted by molar-refractivity contribution is 7.90. The molecule has 3 heterocycles. The van der Waals surface area contributed by atoms with Crippen LogP contribution >= 0.6 is 11.6 Å². The lowest BCUT2D eigenvalue weighted by Gasteiger charge is -2.10. The summed E-state index contributed by atoms with van der Waals surface area (Å²) >= 11 is 6.10. The molecule has 0 spiro atoms.